The van der Waals surface area contributed by atoms with Crippen LogP contribution in [0.5, 0.6) is 0 Å². The van der Waals surface area contributed by atoms with Gasteiger partial charge in [-0.15, -0.1) is 0 Å². The van der Waals surface area contributed by atoms with E-state index in [1.54, 1.807) is 6.07 Å². The van der Waals surface area contributed by atoms with Gasteiger partial charge in [-0.2, -0.15) is 0 Å². The van der Waals surface area contributed by atoms with Crippen LogP contribution in [0.4, 0.5) is 4.39 Å². The largest absolute Gasteiger partial charge is 0.302 e. The van der Waals surface area contributed by atoms with Gasteiger partial charge in [0.2, 0.25) is 0 Å². The number of carbonyl (C=O) groups is 1. The van der Waals surface area contributed by atoms with Gasteiger partial charge < -0.3 is 4.79 Å². The van der Waals surface area contributed by atoms with Crippen LogP contribution in [-0.2, 0) is 10.2 Å². The van der Waals surface area contributed by atoms with E-state index in [2.05, 4.69) is 0 Å². The van der Waals surface area contributed by atoms with Gasteiger partial charge in [0.15, 0.2) is 0 Å². The molecular formula is C12H11FO. The van der Waals surface area contributed by atoms with E-state index in [4.69, 9.17) is 0 Å². The Morgan fingerprint density at radius 1 is 1.29 bits per heavy atom. The first-order chi connectivity index (χ1) is 6.77. The quantitative estimate of drug-likeness (QED) is 0.517. The van der Waals surface area contributed by atoms with E-state index < -0.39 is 5.41 Å². The SMILES string of the molecule is O=CC1(c2cccc(F)c2)CC=CC1. The van der Waals surface area contributed by atoms with Gasteiger partial charge in [0, 0.05) is 0 Å². The number of aldehydes is 1. The van der Waals surface area contributed by atoms with Crippen molar-refractivity contribution in [1.29, 1.82) is 0 Å². The molecule has 0 saturated carbocycles. The molecule has 0 amide bonds. The summed E-state index contributed by atoms with van der Waals surface area (Å²) >= 11 is 0. The van der Waals surface area contributed by atoms with Crippen molar-refractivity contribution in [1.82, 2.24) is 0 Å². The van der Waals surface area contributed by atoms with Crippen LogP contribution >= 0.6 is 0 Å². The topological polar surface area (TPSA) is 17.1 Å². The van der Waals surface area contributed by atoms with Crippen molar-refractivity contribution in [3.05, 3.63) is 47.8 Å². The van der Waals surface area contributed by atoms with Gasteiger partial charge in [0.1, 0.15) is 12.1 Å². The highest BCUT2D eigenvalue weighted by molar-refractivity contribution is 5.70. The highest BCUT2D eigenvalue weighted by Crippen LogP contribution is 2.35. The van der Waals surface area contributed by atoms with Crippen LogP contribution in [-0.4, -0.2) is 6.29 Å². The van der Waals surface area contributed by atoms with Crippen molar-refractivity contribution in [2.45, 2.75) is 18.3 Å². The normalized spacial score (nSPS) is 18.4. The smallest absolute Gasteiger partial charge is 0.131 e. The molecule has 0 atom stereocenters. The van der Waals surface area contributed by atoms with Crippen molar-refractivity contribution < 1.29 is 9.18 Å². The lowest BCUT2D eigenvalue weighted by Gasteiger charge is -2.22. The van der Waals surface area contributed by atoms with Crippen LogP contribution in [0.3, 0.4) is 0 Å². The molecule has 0 unspecified atom stereocenters. The fraction of sp³-hybridized carbons (Fsp3) is 0.250. The maximum atomic E-state index is 13.0. The number of hydrogen-bond acceptors (Lipinski definition) is 1. The Bertz CT molecular complexity index is 374. The predicted molar refractivity (Wildman–Crippen MR) is 52.5 cm³/mol. The van der Waals surface area contributed by atoms with Gasteiger partial charge in [-0.1, -0.05) is 24.3 Å². The van der Waals surface area contributed by atoms with Crippen molar-refractivity contribution in [2.75, 3.05) is 0 Å². The predicted octanol–water partition coefficient (Wildman–Crippen LogP) is 2.61. The van der Waals surface area contributed by atoms with E-state index in [-0.39, 0.29) is 5.82 Å². The van der Waals surface area contributed by atoms with E-state index in [1.807, 2.05) is 18.2 Å². The lowest BCUT2D eigenvalue weighted by molar-refractivity contribution is -0.112. The molecule has 0 radical (unpaired) electrons. The summed E-state index contributed by atoms with van der Waals surface area (Å²) in [5.74, 6) is -0.282. The highest BCUT2D eigenvalue weighted by Gasteiger charge is 2.32. The monoisotopic (exact) mass is 190 g/mol. The zero-order valence-corrected chi connectivity index (χ0v) is 7.74. The number of halogens is 1. The Labute approximate surface area is 82.3 Å². The minimum Gasteiger partial charge on any atom is -0.302 e. The van der Waals surface area contributed by atoms with Gasteiger partial charge in [-0.25, -0.2) is 4.39 Å². The number of benzene rings is 1. The Hall–Kier alpha value is -1.44. The molecule has 1 nitrogen and oxygen atoms in total. The lowest BCUT2D eigenvalue weighted by atomic mass is 9.80. The third kappa shape index (κ3) is 1.37. The minimum atomic E-state index is -0.512. The van der Waals surface area contributed by atoms with Gasteiger partial charge in [0.25, 0.3) is 0 Å². The van der Waals surface area contributed by atoms with Gasteiger partial charge in [0.05, 0.1) is 5.41 Å². The van der Waals surface area contributed by atoms with Crippen molar-refractivity contribution in [3.8, 4) is 0 Å². The number of carbonyl (C=O) groups excluding carboxylic acids is 1. The van der Waals surface area contributed by atoms with Crippen LogP contribution in [0.15, 0.2) is 36.4 Å². The Kier molecular flexibility index (Phi) is 2.20. The fourth-order valence-corrected chi connectivity index (χ4v) is 1.87. The Morgan fingerprint density at radius 2 is 2.00 bits per heavy atom. The van der Waals surface area contributed by atoms with Crippen molar-refractivity contribution in [3.63, 3.8) is 0 Å². The van der Waals surface area contributed by atoms with Crippen LogP contribution in [0, 0.1) is 5.82 Å². The molecule has 0 aromatic heterocycles. The average molecular weight is 190 g/mol. The molecule has 2 heteroatoms. The molecule has 0 saturated heterocycles. The molecule has 0 spiro atoms. The van der Waals surface area contributed by atoms with Crippen LogP contribution in [0.25, 0.3) is 0 Å². The van der Waals surface area contributed by atoms with E-state index in [0.717, 1.165) is 11.8 Å². The summed E-state index contributed by atoms with van der Waals surface area (Å²) < 4.78 is 13.0. The Balaban J connectivity index is 2.41. The first-order valence-electron chi connectivity index (χ1n) is 4.64. The summed E-state index contributed by atoms with van der Waals surface area (Å²) in [7, 11) is 0. The number of hydrogen-bond donors (Lipinski definition) is 0. The van der Waals surface area contributed by atoms with Crippen molar-refractivity contribution in [2.24, 2.45) is 0 Å². The van der Waals surface area contributed by atoms with Gasteiger partial charge in [-0.3, -0.25) is 0 Å². The lowest BCUT2D eigenvalue weighted by Crippen LogP contribution is -2.24. The molecular weight excluding hydrogens is 179 g/mol. The molecule has 0 fully saturated rings. The third-order valence-corrected chi connectivity index (χ3v) is 2.76. The molecule has 0 heterocycles. The summed E-state index contributed by atoms with van der Waals surface area (Å²) in [5.41, 5.74) is 0.264. The first-order valence-corrected chi connectivity index (χ1v) is 4.64. The summed E-state index contributed by atoms with van der Waals surface area (Å²) in [6.45, 7) is 0. The fourth-order valence-electron chi connectivity index (χ4n) is 1.87. The highest BCUT2D eigenvalue weighted by atomic mass is 19.1. The van der Waals surface area contributed by atoms with Crippen LogP contribution in [0.2, 0.25) is 0 Å². The maximum absolute atomic E-state index is 13.0. The number of allylic oxidation sites excluding steroid dienone is 2. The summed E-state index contributed by atoms with van der Waals surface area (Å²) in [4.78, 5) is 11.1. The van der Waals surface area contributed by atoms with E-state index in [9.17, 15) is 9.18 Å². The second-order valence-electron chi connectivity index (χ2n) is 3.66. The zero-order valence-electron chi connectivity index (χ0n) is 7.74. The van der Waals surface area contributed by atoms with Crippen LogP contribution < -0.4 is 0 Å². The van der Waals surface area contributed by atoms with Crippen LogP contribution in [0.1, 0.15) is 18.4 Å². The van der Waals surface area contributed by atoms with Gasteiger partial charge in [-0.05, 0) is 30.5 Å². The molecule has 1 aliphatic rings. The van der Waals surface area contributed by atoms with E-state index >= 15 is 0 Å². The van der Waals surface area contributed by atoms with Crippen molar-refractivity contribution >= 4 is 6.29 Å². The molecule has 14 heavy (non-hydrogen) atoms. The second-order valence-corrected chi connectivity index (χ2v) is 3.66. The molecule has 72 valence electrons. The molecule has 0 N–H and O–H groups in total. The molecule has 1 aromatic rings. The first kappa shape index (κ1) is 9.13. The van der Waals surface area contributed by atoms with E-state index in [0.29, 0.717) is 12.8 Å². The summed E-state index contributed by atoms with van der Waals surface area (Å²) in [5, 5.41) is 0. The Morgan fingerprint density at radius 3 is 2.57 bits per heavy atom. The minimum absolute atomic E-state index is 0.282. The molecule has 1 aliphatic carbocycles. The zero-order chi connectivity index (χ0) is 10.0. The second kappa shape index (κ2) is 3.37. The standard InChI is InChI=1S/C12H11FO/c13-11-5-3-4-10(8-11)12(9-14)6-1-2-7-12/h1-5,8-9H,6-7H2. The summed E-state index contributed by atoms with van der Waals surface area (Å²) in [6.07, 6.45) is 6.24. The third-order valence-electron chi connectivity index (χ3n) is 2.76. The molecule has 1 aromatic carbocycles. The van der Waals surface area contributed by atoms with Gasteiger partial charge >= 0.3 is 0 Å². The molecule has 0 aliphatic heterocycles. The molecule has 2 rings (SSSR count). The maximum Gasteiger partial charge on any atom is 0.131 e. The summed E-state index contributed by atoms with van der Waals surface area (Å²) in [6, 6.07) is 6.30. The number of rotatable bonds is 2. The van der Waals surface area contributed by atoms with E-state index in [1.165, 1.54) is 12.1 Å². The molecule has 0 bridgehead atoms. The average Bonchev–Trinajstić information content (AvgIpc) is 2.67.